The summed E-state index contributed by atoms with van der Waals surface area (Å²) in [6, 6.07) is 6.86. The number of hydrogen-bond acceptors (Lipinski definition) is 3. The van der Waals surface area contributed by atoms with Gasteiger partial charge in [0.05, 0.1) is 5.75 Å². The van der Waals surface area contributed by atoms with Crippen molar-refractivity contribution in [3.63, 3.8) is 0 Å². The van der Waals surface area contributed by atoms with Crippen LogP contribution in [0.2, 0.25) is 5.02 Å². The number of carbonyl (C=O) groups excluding carboxylic acids is 1. The molecule has 1 saturated heterocycles. The summed E-state index contributed by atoms with van der Waals surface area (Å²) in [6.07, 6.45) is 1.79. The van der Waals surface area contributed by atoms with Crippen LogP contribution in [0.1, 0.15) is 36.5 Å². The van der Waals surface area contributed by atoms with Crippen LogP contribution in [0.4, 0.5) is 0 Å². The average molecular weight is 330 g/mol. The number of ketones is 1. The molecule has 4 nitrogen and oxygen atoms in total. The van der Waals surface area contributed by atoms with E-state index in [1.807, 2.05) is 6.92 Å². The van der Waals surface area contributed by atoms with Gasteiger partial charge in [-0.25, -0.2) is 12.7 Å². The zero-order valence-corrected chi connectivity index (χ0v) is 13.7. The maximum atomic E-state index is 12.4. The largest absolute Gasteiger partial charge is 0.294 e. The highest BCUT2D eigenvalue weighted by atomic mass is 35.5. The predicted molar refractivity (Wildman–Crippen MR) is 84.2 cm³/mol. The molecule has 2 rings (SSSR count). The van der Waals surface area contributed by atoms with Crippen molar-refractivity contribution < 1.29 is 13.2 Å². The fourth-order valence-electron chi connectivity index (χ4n) is 2.63. The van der Waals surface area contributed by atoms with Crippen LogP contribution < -0.4 is 0 Å². The van der Waals surface area contributed by atoms with Gasteiger partial charge in [-0.05, 0) is 43.5 Å². The van der Waals surface area contributed by atoms with Gasteiger partial charge < -0.3 is 0 Å². The molecule has 0 N–H and O–H groups in total. The lowest BCUT2D eigenvalue weighted by molar-refractivity contribution is 0.0875. The Morgan fingerprint density at radius 3 is 2.33 bits per heavy atom. The van der Waals surface area contributed by atoms with Crippen molar-refractivity contribution in [2.75, 3.05) is 18.8 Å². The molecule has 1 aromatic carbocycles. The molecule has 0 aromatic heterocycles. The molecule has 1 fully saturated rings. The molecule has 0 atom stereocenters. The number of rotatable bonds is 5. The van der Waals surface area contributed by atoms with E-state index in [1.165, 1.54) is 4.31 Å². The van der Waals surface area contributed by atoms with Gasteiger partial charge in [0, 0.05) is 29.6 Å². The SMILES string of the molecule is CCCS(=O)(=O)N1CCC(C(=O)c2ccc(Cl)cc2)CC1. The lowest BCUT2D eigenvalue weighted by Crippen LogP contribution is -2.41. The number of carbonyl (C=O) groups is 1. The number of benzene rings is 1. The smallest absolute Gasteiger partial charge is 0.214 e. The molecule has 1 aromatic rings. The highest BCUT2D eigenvalue weighted by Gasteiger charge is 2.30. The van der Waals surface area contributed by atoms with E-state index in [9.17, 15) is 13.2 Å². The van der Waals surface area contributed by atoms with Crippen molar-refractivity contribution in [2.45, 2.75) is 26.2 Å². The molecular weight excluding hydrogens is 310 g/mol. The van der Waals surface area contributed by atoms with Crippen molar-refractivity contribution in [3.8, 4) is 0 Å². The molecule has 0 aliphatic carbocycles. The van der Waals surface area contributed by atoms with Crippen LogP contribution in [0, 0.1) is 5.92 Å². The minimum absolute atomic E-state index is 0.0826. The van der Waals surface area contributed by atoms with E-state index in [0.717, 1.165) is 0 Å². The Bertz CT molecular complexity index is 590. The third kappa shape index (κ3) is 4.05. The first-order valence-electron chi connectivity index (χ1n) is 7.21. The Morgan fingerprint density at radius 2 is 1.81 bits per heavy atom. The van der Waals surface area contributed by atoms with Gasteiger partial charge >= 0.3 is 0 Å². The quantitative estimate of drug-likeness (QED) is 0.780. The van der Waals surface area contributed by atoms with Gasteiger partial charge in [0.15, 0.2) is 5.78 Å². The van der Waals surface area contributed by atoms with E-state index in [4.69, 9.17) is 11.6 Å². The number of halogens is 1. The van der Waals surface area contributed by atoms with E-state index in [1.54, 1.807) is 24.3 Å². The van der Waals surface area contributed by atoms with E-state index in [2.05, 4.69) is 0 Å². The molecule has 0 unspecified atom stereocenters. The Hall–Kier alpha value is -0.910. The first-order chi connectivity index (χ1) is 9.94. The minimum atomic E-state index is -3.15. The number of nitrogens with zero attached hydrogens (tertiary/aromatic N) is 1. The highest BCUT2D eigenvalue weighted by molar-refractivity contribution is 7.89. The van der Waals surface area contributed by atoms with E-state index >= 15 is 0 Å². The van der Waals surface area contributed by atoms with Gasteiger partial charge in [0.1, 0.15) is 0 Å². The molecule has 116 valence electrons. The fraction of sp³-hybridized carbons (Fsp3) is 0.533. The molecule has 1 aliphatic rings. The predicted octanol–water partition coefficient (Wildman–Crippen LogP) is 2.97. The number of hydrogen-bond donors (Lipinski definition) is 0. The monoisotopic (exact) mass is 329 g/mol. The topological polar surface area (TPSA) is 54.5 Å². The lowest BCUT2D eigenvalue weighted by atomic mass is 9.90. The summed E-state index contributed by atoms with van der Waals surface area (Å²) in [5, 5.41) is 0.604. The number of Topliss-reactive ketones (excluding diaryl/α,β-unsaturated/α-hetero) is 1. The van der Waals surface area contributed by atoms with Crippen LogP contribution in [-0.2, 0) is 10.0 Å². The molecule has 21 heavy (non-hydrogen) atoms. The molecular formula is C15H20ClNO3S. The molecule has 0 radical (unpaired) electrons. The van der Waals surface area contributed by atoms with E-state index in [-0.39, 0.29) is 17.5 Å². The third-order valence-electron chi connectivity index (χ3n) is 3.81. The van der Waals surface area contributed by atoms with Gasteiger partial charge in [-0.15, -0.1) is 0 Å². The summed E-state index contributed by atoms with van der Waals surface area (Å²) in [6.45, 7) is 2.73. The van der Waals surface area contributed by atoms with Crippen molar-refractivity contribution in [1.82, 2.24) is 4.31 Å². The normalized spacial score (nSPS) is 17.8. The highest BCUT2D eigenvalue weighted by Crippen LogP contribution is 2.24. The second-order valence-corrected chi connectivity index (χ2v) is 7.89. The van der Waals surface area contributed by atoms with Crippen molar-refractivity contribution in [1.29, 1.82) is 0 Å². The molecule has 1 heterocycles. The first-order valence-corrected chi connectivity index (χ1v) is 9.20. The summed E-state index contributed by atoms with van der Waals surface area (Å²) in [7, 11) is -3.15. The van der Waals surface area contributed by atoms with Crippen LogP contribution >= 0.6 is 11.6 Å². The molecule has 1 aliphatic heterocycles. The summed E-state index contributed by atoms with van der Waals surface area (Å²) in [4.78, 5) is 12.4. The summed E-state index contributed by atoms with van der Waals surface area (Å²) >= 11 is 5.82. The second-order valence-electron chi connectivity index (χ2n) is 5.36. The summed E-state index contributed by atoms with van der Waals surface area (Å²) in [5.74, 6) is 0.168. The van der Waals surface area contributed by atoms with Gasteiger partial charge in [0.25, 0.3) is 0 Å². The van der Waals surface area contributed by atoms with Crippen molar-refractivity contribution in [2.24, 2.45) is 5.92 Å². The minimum Gasteiger partial charge on any atom is -0.294 e. The molecule has 0 saturated carbocycles. The Kier molecular flexibility index (Phi) is 5.41. The van der Waals surface area contributed by atoms with Gasteiger partial charge in [-0.3, -0.25) is 4.79 Å². The Labute approximate surface area is 131 Å². The van der Waals surface area contributed by atoms with Gasteiger partial charge in [0.2, 0.25) is 10.0 Å². The first kappa shape index (κ1) is 16.5. The molecule has 0 amide bonds. The zero-order valence-electron chi connectivity index (χ0n) is 12.1. The summed E-state index contributed by atoms with van der Waals surface area (Å²) < 4.78 is 25.5. The van der Waals surface area contributed by atoms with Crippen molar-refractivity contribution in [3.05, 3.63) is 34.9 Å². The second kappa shape index (κ2) is 6.90. The van der Waals surface area contributed by atoms with Crippen molar-refractivity contribution >= 4 is 27.4 Å². The summed E-state index contributed by atoms with van der Waals surface area (Å²) in [5.41, 5.74) is 0.647. The Morgan fingerprint density at radius 1 is 1.24 bits per heavy atom. The number of sulfonamides is 1. The van der Waals surface area contributed by atoms with Gasteiger partial charge in [-0.2, -0.15) is 0 Å². The zero-order chi connectivity index (χ0) is 15.5. The fourth-order valence-corrected chi connectivity index (χ4v) is 4.30. The van der Waals surface area contributed by atoms with Crippen LogP contribution in [0.15, 0.2) is 24.3 Å². The standard InChI is InChI=1S/C15H20ClNO3S/c1-2-11-21(19,20)17-9-7-13(8-10-17)15(18)12-3-5-14(16)6-4-12/h3-6,13H,2,7-11H2,1H3. The van der Waals surface area contributed by atoms with Crippen LogP contribution in [0.3, 0.4) is 0 Å². The van der Waals surface area contributed by atoms with E-state index < -0.39 is 10.0 Å². The maximum absolute atomic E-state index is 12.4. The van der Waals surface area contributed by atoms with E-state index in [0.29, 0.717) is 42.9 Å². The average Bonchev–Trinajstić information content (AvgIpc) is 2.47. The molecule has 0 spiro atoms. The molecule has 0 bridgehead atoms. The Balaban J connectivity index is 1.98. The van der Waals surface area contributed by atoms with Crippen LogP contribution in [0.5, 0.6) is 0 Å². The lowest BCUT2D eigenvalue weighted by Gasteiger charge is -2.30. The third-order valence-corrected chi connectivity index (χ3v) is 6.14. The van der Waals surface area contributed by atoms with Gasteiger partial charge in [-0.1, -0.05) is 18.5 Å². The number of piperidine rings is 1. The maximum Gasteiger partial charge on any atom is 0.214 e. The molecule has 6 heteroatoms. The van der Waals surface area contributed by atoms with Crippen LogP contribution in [-0.4, -0.2) is 37.3 Å². The van der Waals surface area contributed by atoms with Crippen LogP contribution in [0.25, 0.3) is 0 Å².